The third-order valence-corrected chi connectivity index (χ3v) is 5.23. The van der Waals surface area contributed by atoms with E-state index in [4.69, 9.17) is 25.5 Å². The average Bonchev–Trinajstić information content (AvgIpc) is 2.45. The summed E-state index contributed by atoms with van der Waals surface area (Å²) in [6.07, 6.45) is -7.30. The molecule has 1 fully saturated rings. The number of alkyl halides is 6. The summed E-state index contributed by atoms with van der Waals surface area (Å²) in [4.78, 5) is 20.2. The predicted molar refractivity (Wildman–Crippen MR) is 80.8 cm³/mol. The normalized spacial score (nSPS) is 17.2. The van der Waals surface area contributed by atoms with Crippen LogP contribution in [0.3, 0.4) is 0 Å². The summed E-state index contributed by atoms with van der Waals surface area (Å²) in [5.41, 5.74) is 5.42. The van der Waals surface area contributed by atoms with Crippen LogP contribution < -0.4 is 5.73 Å². The molecule has 7 nitrogen and oxygen atoms in total. The molecule has 0 spiro atoms. The van der Waals surface area contributed by atoms with Crippen molar-refractivity contribution < 1.29 is 50.7 Å². The van der Waals surface area contributed by atoms with Crippen LogP contribution in [0, 0.1) is 0 Å². The first kappa shape index (κ1) is 26.9. The second kappa shape index (κ2) is 11.4. The topological polar surface area (TPSA) is 121 Å². The Morgan fingerprint density at radius 2 is 1.31 bits per heavy atom. The van der Waals surface area contributed by atoms with E-state index in [0.717, 1.165) is 44.9 Å². The van der Waals surface area contributed by atoms with E-state index < -0.39 is 31.4 Å². The Labute approximate surface area is 145 Å². The zero-order valence-corrected chi connectivity index (χ0v) is 14.7. The van der Waals surface area contributed by atoms with Gasteiger partial charge in [-0.3, -0.25) is 0 Å². The van der Waals surface area contributed by atoms with Gasteiger partial charge < -0.3 is 25.4 Å². The van der Waals surface area contributed by atoms with Crippen LogP contribution in [0.5, 0.6) is 0 Å². The van der Waals surface area contributed by atoms with Crippen LogP contribution in [0.25, 0.3) is 0 Å². The molecule has 4 N–H and O–H groups in total. The summed E-state index contributed by atoms with van der Waals surface area (Å²) in [7, 11) is -1.73. The maximum absolute atomic E-state index is 11.6. The van der Waals surface area contributed by atoms with Gasteiger partial charge in [0, 0.05) is 25.4 Å². The van der Waals surface area contributed by atoms with Crippen LogP contribution in [-0.4, -0.2) is 84.6 Å². The van der Waals surface area contributed by atoms with Crippen LogP contribution in [-0.2, 0) is 14.2 Å². The molecule has 0 radical (unpaired) electrons. The molecule has 0 aliphatic carbocycles. The molecule has 26 heavy (non-hydrogen) atoms. The van der Waals surface area contributed by atoms with Gasteiger partial charge in [0.1, 0.15) is 0 Å². The van der Waals surface area contributed by atoms with Crippen LogP contribution >= 0.6 is 7.14 Å². The zero-order chi connectivity index (χ0) is 21.2. The lowest BCUT2D eigenvalue weighted by Crippen LogP contribution is -2.35. The number of carbonyl (C=O) groups is 2. The van der Waals surface area contributed by atoms with Crippen molar-refractivity contribution in [2.75, 3.05) is 45.2 Å². The highest BCUT2D eigenvalue weighted by atomic mass is 31.2. The number of aliphatic carboxylic acids is 2. The Morgan fingerprint density at radius 1 is 1.00 bits per heavy atom. The minimum absolute atomic E-state index is 0.764. The standard InChI is InChI=1S/C8H19N2OP.2C2HF3O2/c1-12(11)7-5-10(6-8-12)4-2-3-9;2*3-2(4,5)1(6)7/h2-9H2,1H3;2*(H,6,7). The van der Waals surface area contributed by atoms with Crippen molar-refractivity contribution >= 4 is 19.1 Å². The molecule has 0 aromatic rings. The van der Waals surface area contributed by atoms with E-state index in [1.165, 1.54) is 0 Å². The lowest BCUT2D eigenvalue weighted by atomic mass is 10.4. The minimum atomic E-state index is -5.08. The van der Waals surface area contributed by atoms with E-state index >= 15 is 0 Å². The molecule has 14 heteroatoms. The number of carboxylic acids is 2. The van der Waals surface area contributed by atoms with E-state index in [-0.39, 0.29) is 0 Å². The van der Waals surface area contributed by atoms with Crippen LogP contribution in [0.4, 0.5) is 26.3 Å². The maximum Gasteiger partial charge on any atom is 0.490 e. The Kier molecular flexibility index (Phi) is 11.8. The van der Waals surface area contributed by atoms with E-state index in [0.29, 0.717) is 0 Å². The Balaban J connectivity index is 0. The average molecular weight is 418 g/mol. The fourth-order valence-electron chi connectivity index (χ4n) is 1.47. The molecule has 0 saturated carbocycles. The summed E-state index contributed by atoms with van der Waals surface area (Å²) in [5.74, 6) is -5.51. The van der Waals surface area contributed by atoms with Gasteiger partial charge in [-0.25, -0.2) is 9.59 Å². The first-order chi connectivity index (χ1) is 11.5. The first-order valence-electron chi connectivity index (χ1n) is 7.11. The van der Waals surface area contributed by atoms with Crippen molar-refractivity contribution in [3.63, 3.8) is 0 Å². The zero-order valence-electron chi connectivity index (χ0n) is 13.8. The fourth-order valence-corrected chi connectivity index (χ4v) is 3.10. The lowest BCUT2D eigenvalue weighted by molar-refractivity contribution is -0.193. The molecule has 1 saturated heterocycles. The van der Waals surface area contributed by atoms with Crippen LogP contribution in [0.1, 0.15) is 6.42 Å². The monoisotopic (exact) mass is 418 g/mol. The third kappa shape index (κ3) is 15.0. The number of nitrogens with two attached hydrogens (primary N) is 1. The molecule has 1 heterocycles. The summed E-state index contributed by atoms with van der Waals surface area (Å²) in [6.45, 7) is 5.78. The van der Waals surface area contributed by atoms with E-state index in [1.807, 2.05) is 6.66 Å². The molecule has 0 aromatic carbocycles. The van der Waals surface area contributed by atoms with Gasteiger partial charge in [0.2, 0.25) is 0 Å². The lowest BCUT2D eigenvalue weighted by Gasteiger charge is -2.30. The molecule has 0 amide bonds. The highest BCUT2D eigenvalue weighted by molar-refractivity contribution is 7.63. The quantitative estimate of drug-likeness (QED) is 0.473. The highest BCUT2D eigenvalue weighted by Crippen LogP contribution is 2.42. The van der Waals surface area contributed by atoms with Crippen molar-refractivity contribution in [1.82, 2.24) is 4.90 Å². The summed E-state index contributed by atoms with van der Waals surface area (Å²) < 4.78 is 75.1. The molecule has 1 rings (SSSR count). The number of hydrogen-bond donors (Lipinski definition) is 3. The molecule has 1 aliphatic rings. The van der Waals surface area contributed by atoms with Crippen molar-refractivity contribution in [2.45, 2.75) is 18.8 Å². The Hall–Kier alpha value is -1.33. The van der Waals surface area contributed by atoms with E-state index in [2.05, 4.69) is 4.90 Å². The number of carboxylic acid groups (broad SMARTS) is 2. The molecular formula is C12H21F6N2O5P. The second-order valence-corrected chi connectivity index (χ2v) is 8.82. The molecular weight excluding hydrogens is 397 g/mol. The van der Waals surface area contributed by atoms with Crippen LogP contribution in [0.2, 0.25) is 0 Å². The molecule has 156 valence electrons. The van der Waals surface area contributed by atoms with Gasteiger partial charge in [-0.15, -0.1) is 0 Å². The van der Waals surface area contributed by atoms with Crippen LogP contribution in [0.15, 0.2) is 0 Å². The molecule has 0 bridgehead atoms. The van der Waals surface area contributed by atoms with E-state index in [1.54, 1.807) is 0 Å². The van der Waals surface area contributed by atoms with Gasteiger partial charge in [-0.2, -0.15) is 26.3 Å². The molecule has 0 aromatic heterocycles. The number of hydrogen-bond acceptors (Lipinski definition) is 5. The molecule has 1 aliphatic heterocycles. The first-order valence-corrected chi connectivity index (χ1v) is 9.63. The van der Waals surface area contributed by atoms with Gasteiger partial charge >= 0.3 is 24.3 Å². The van der Waals surface area contributed by atoms with Gasteiger partial charge in [0.05, 0.1) is 7.14 Å². The van der Waals surface area contributed by atoms with E-state index in [9.17, 15) is 30.9 Å². The fraction of sp³-hybridized carbons (Fsp3) is 0.833. The summed E-state index contributed by atoms with van der Waals surface area (Å²) >= 11 is 0. The highest BCUT2D eigenvalue weighted by Gasteiger charge is 2.38. The number of rotatable bonds is 3. The SMILES string of the molecule is CP1(=O)CCN(CCCN)CC1.O=C(O)C(F)(F)F.O=C(O)C(F)(F)F. The largest absolute Gasteiger partial charge is 0.490 e. The molecule has 0 unspecified atom stereocenters. The van der Waals surface area contributed by atoms with Crippen molar-refractivity contribution in [3.8, 4) is 0 Å². The predicted octanol–water partition coefficient (Wildman–Crippen LogP) is 1.91. The minimum Gasteiger partial charge on any atom is -0.475 e. The van der Waals surface area contributed by atoms with Crippen molar-refractivity contribution in [2.24, 2.45) is 5.73 Å². The summed E-state index contributed by atoms with van der Waals surface area (Å²) in [5, 5.41) is 14.2. The Bertz CT molecular complexity index is 461. The molecule has 0 atom stereocenters. The van der Waals surface area contributed by atoms with Gasteiger partial charge in [-0.05, 0) is 26.2 Å². The second-order valence-electron chi connectivity index (χ2n) is 5.33. The third-order valence-electron chi connectivity index (χ3n) is 2.94. The maximum atomic E-state index is 11.6. The number of halogens is 6. The van der Waals surface area contributed by atoms with Crippen molar-refractivity contribution in [3.05, 3.63) is 0 Å². The number of nitrogens with zero attached hydrogens (tertiary/aromatic N) is 1. The Morgan fingerprint density at radius 3 is 1.54 bits per heavy atom. The smallest absolute Gasteiger partial charge is 0.475 e. The van der Waals surface area contributed by atoms with Gasteiger partial charge in [0.25, 0.3) is 0 Å². The van der Waals surface area contributed by atoms with Gasteiger partial charge in [-0.1, -0.05) is 0 Å². The summed E-state index contributed by atoms with van der Waals surface area (Å²) in [6, 6.07) is 0. The van der Waals surface area contributed by atoms with Gasteiger partial charge in [0.15, 0.2) is 0 Å². The van der Waals surface area contributed by atoms with Crippen molar-refractivity contribution in [1.29, 1.82) is 0 Å².